The molecule has 7 nitrogen and oxygen atoms in total. The van der Waals surface area contributed by atoms with Crippen molar-refractivity contribution in [2.24, 2.45) is 7.05 Å². The molecule has 0 saturated heterocycles. The molecule has 0 fully saturated rings. The highest BCUT2D eigenvalue weighted by Crippen LogP contribution is 2.22. The molecule has 2 heterocycles. The number of para-hydroxylation sites is 1. The van der Waals surface area contributed by atoms with Crippen molar-refractivity contribution in [2.45, 2.75) is 6.61 Å². The number of nitrogens with zero attached hydrogens (tertiary/aromatic N) is 4. The normalized spacial score (nSPS) is 11.2. The second-order valence-electron chi connectivity index (χ2n) is 5.83. The van der Waals surface area contributed by atoms with Gasteiger partial charge in [-0.05, 0) is 30.3 Å². The van der Waals surface area contributed by atoms with Gasteiger partial charge in [-0.1, -0.05) is 39.7 Å². The lowest BCUT2D eigenvalue weighted by Crippen LogP contribution is -2.20. The van der Waals surface area contributed by atoms with Gasteiger partial charge in [-0.15, -0.1) is 10.2 Å². The Morgan fingerprint density at radius 2 is 2.00 bits per heavy atom. The van der Waals surface area contributed by atoms with E-state index in [0.29, 0.717) is 32.0 Å². The molecule has 0 amide bonds. The SMILES string of the molecule is Cn1c(=O)c2ccccc2n2c(COC(=O)c3cc(Br)ccc3Cl)nnc12. The van der Waals surface area contributed by atoms with E-state index in [-0.39, 0.29) is 17.7 Å². The molecule has 4 rings (SSSR count). The van der Waals surface area contributed by atoms with Crippen LogP contribution in [0.15, 0.2) is 51.7 Å². The van der Waals surface area contributed by atoms with E-state index >= 15 is 0 Å². The van der Waals surface area contributed by atoms with Gasteiger partial charge in [0.2, 0.25) is 5.78 Å². The number of rotatable bonds is 3. The standard InChI is InChI=1S/C18H12BrClN4O3/c1-23-16(25)11-4-2-3-5-14(11)24-15(21-22-18(23)24)9-27-17(26)12-8-10(19)6-7-13(12)20/h2-8H,9H2,1H3. The first-order valence-electron chi connectivity index (χ1n) is 7.91. The zero-order chi connectivity index (χ0) is 19.1. The van der Waals surface area contributed by atoms with Gasteiger partial charge < -0.3 is 4.74 Å². The molecule has 2 aromatic heterocycles. The van der Waals surface area contributed by atoms with Crippen molar-refractivity contribution < 1.29 is 9.53 Å². The van der Waals surface area contributed by atoms with Crippen molar-refractivity contribution in [1.29, 1.82) is 0 Å². The second kappa shape index (κ2) is 6.79. The van der Waals surface area contributed by atoms with Crippen molar-refractivity contribution in [1.82, 2.24) is 19.2 Å². The monoisotopic (exact) mass is 446 g/mol. The third-order valence-corrected chi connectivity index (χ3v) is 5.00. The zero-order valence-corrected chi connectivity index (χ0v) is 16.4. The number of hydrogen-bond donors (Lipinski definition) is 0. The van der Waals surface area contributed by atoms with Crippen LogP contribution in [0.4, 0.5) is 0 Å². The minimum absolute atomic E-state index is 0.120. The highest BCUT2D eigenvalue weighted by Gasteiger charge is 2.17. The Kier molecular flexibility index (Phi) is 4.45. The fraction of sp³-hybridized carbons (Fsp3) is 0.111. The van der Waals surface area contributed by atoms with Crippen LogP contribution in [-0.4, -0.2) is 25.1 Å². The maximum atomic E-state index is 12.4. The Hall–Kier alpha value is -2.71. The van der Waals surface area contributed by atoms with E-state index < -0.39 is 5.97 Å². The molecule has 0 saturated carbocycles. The predicted molar refractivity (Wildman–Crippen MR) is 104 cm³/mol. The zero-order valence-electron chi connectivity index (χ0n) is 14.0. The number of hydrogen-bond acceptors (Lipinski definition) is 5. The van der Waals surface area contributed by atoms with Gasteiger partial charge in [-0.25, -0.2) is 4.79 Å². The fourth-order valence-electron chi connectivity index (χ4n) is 2.85. The van der Waals surface area contributed by atoms with Crippen molar-refractivity contribution in [2.75, 3.05) is 0 Å². The number of aryl methyl sites for hydroxylation is 1. The molecule has 0 N–H and O–H groups in total. The molecule has 0 unspecified atom stereocenters. The number of carbonyl (C=O) groups excluding carboxylic acids is 1. The first-order valence-corrected chi connectivity index (χ1v) is 9.08. The van der Waals surface area contributed by atoms with E-state index in [1.807, 2.05) is 6.07 Å². The third-order valence-electron chi connectivity index (χ3n) is 4.17. The number of ether oxygens (including phenoxy) is 1. The minimum Gasteiger partial charge on any atom is -0.454 e. The van der Waals surface area contributed by atoms with Gasteiger partial charge in [-0.2, -0.15) is 0 Å². The minimum atomic E-state index is -0.577. The van der Waals surface area contributed by atoms with E-state index in [4.69, 9.17) is 16.3 Å². The van der Waals surface area contributed by atoms with Crippen LogP contribution in [0.3, 0.4) is 0 Å². The number of fused-ring (bicyclic) bond motifs is 3. The Morgan fingerprint density at radius 3 is 2.81 bits per heavy atom. The maximum Gasteiger partial charge on any atom is 0.340 e. The van der Waals surface area contributed by atoms with Crippen LogP contribution < -0.4 is 5.56 Å². The summed E-state index contributed by atoms with van der Waals surface area (Å²) < 4.78 is 9.21. The summed E-state index contributed by atoms with van der Waals surface area (Å²) in [6.45, 7) is -0.120. The Bertz CT molecular complexity index is 1260. The molecule has 136 valence electrons. The highest BCUT2D eigenvalue weighted by atomic mass is 79.9. The van der Waals surface area contributed by atoms with E-state index in [1.165, 1.54) is 4.57 Å². The first-order chi connectivity index (χ1) is 13.0. The van der Waals surface area contributed by atoms with E-state index in [0.717, 1.165) is 0 Å². The maximum absolute atomic E-state index is 12.4. The van der Waals surface area contributed by atoms with Crippen molar-refractivity contribution in [3.05, 3.63) is 73.7 Å². The summed E-state index contributed by atoms with van der Waals surface area (Å²) in [4.78, 5) is 24.8. The van der Waals surface area contributed by atoms with Gasteiger partial charge >= 0.3 is 5.97 Å². The molecule has 0 aliphatic rings. The smallest absolute Gasteiger partial charge is 0.340 e. The molecule has 27 heavy (non-hydrogen) atoms. The summed E-state index contributed by atoms with van der Waals surface area (Å²) >= 11 is 9.37. The Balaban J connectivity index is 1.74. The summed E-state index contributed by atoms with van der Waals surface area (Å²) in [5.74, 6) is 0.189. The molecular formula is C18H12BrClN4O3. The van der Waals surface area contributed by atoms with Crippen LogP contribution in [-0.2, 0) is 18.4 Å². The lowest BCUT2D eigenvalue weighted by molar-refractivity contribution is 0.0461. The third kappa shape index (κ3) is 3.00. The first kappa shape index (κ1) is 17.7. The van der Waals surface area contributed by atoms with Gasteiger partial charge in [0.05, 0.1) is 21.5 Å². The Labute approximate surface area is 166 Å². The molecular weight excluding hydrogens is 436 g/mol. The topological polar surface area (TPSA) is 78.5 Å². The average molecular weight is 448 g/mol. The lowest BCUT2D eigenvalue weighted by atomic mass is 10.2. The molecule has 9 heteroatoms. The van der Waals surface area contributed by atoms with E-state index in [1.54, 1.807) is 47.8 Å². The lowest BCUT2D eigenvalue weighted by Gasteiger charge is -2.09. The summed E-state index contributed by atoms with van der Waals surface area (Å²) in [5, 5.41) is 8.97. The predicted octanol–water partition coefficient (Wildman–Crippen LogP) is 3.35. The van der Waals surface area contributed by atoms with Gasteiger partial charge in [0.1, 0.15) is 0 Å². The average Bonchev–Trinajstić information content (AvgIpc) is 3.10. The number of aromatic nitrogens is 4. The number of halogens is 2. The van der Waals surface area contributed by atoms with Crippen LogP contribution in [0.25, 0.3) is 16.7 Å². The molecule has 0 spiro atoms. The number of esters is 1. The van der Waals surface area contributed by atoms with Crippen LogP contribution in [0.5, 0.6) is 0 Å². The van der Waals surface area contributed by atoms with Crippen LogP contribution in [0.1, 0.15) is 16.2 Å². The van der Waals surface area contributed by atoms with Crippen molar-refractivity contribution >= 4 is 50.2 Å². The van der Waals surface area contributed by atoms with Gasteiger partial charge in [0.25, 0.3) is 5.56 Å². The number of carbonyl (C=O) groups is 1. The van der Waals surface area contributed by atoms with Crippen molar-refractivity contribution in [3.63, 3.8) is 0 Å². The molecule has 4 aromatic rings. The molecule has 0 bridgehead atoms. The molecule has 2 aromatic carbocycles. The van der Waals surface area contributed by atoms with Crippen LogP contribution in [0.2, 0.25) is 5.02 Å². The van der Waals surface area contributed by atoms with E-state index in [2.05, 4.69) is 26.1 Å². The summed E-state index contributed by atoms with van der Waals surface area (Å²) in [7, 11) is 1.62. The van der Waals surface area contributed by atoms with Crippen molar-refractivity contribution in [3.8, 4) is 0 Å². The summed E-state index contributed by atoms with van der Waals surface area (Å²) in [6, 6.07) is 12.1. The van der Waals surface area contributed by atoms with Gasteiger partial charge in [-0.3, -0.25) is 13.8 Å². The molecule has 0 radical (unpaired) electrons. The quantitative estimate of drug-likeness (QED) is 0.450. The van der Waals surface area contributed by atoms with Crippen LogP contribution in [0, 0.1) is 0 Å². The fourth-order valence-corrected chi connectivity index (χ4v) is 3.40. The van der Waals surface area contributed by atoms with Gasteiger partial charge in [0, 0.05) is 11.5 Å². The van der Waals surface area contributed by atoms with Crippen LogP contribution >= 0.6 is 27.5 Å². The van der Waals surface area contributed by atoms with Gasteiger partial charge in [0.15, 0.2) is 12.4 Å². The molecule has 0 aliphatic carbocycles. The van der Waals surface area contributed by atoms with E-state index in [9.17, 15) is 9.59 Å². The number of benzene rings is 2. The summed E-state index contributed by atoms with van der Waals surface area (Å²) in [6.07, 6.45) is 0. The largest absolute Gasteiger partial charge is 0.454 e. The molecule has 0 atom stereocenters. The molecule has 0 aliphatic heterocycles. The second-order valence-corrected chi connectivity index (χ2v) is 7.16. The Morgan fingerprint density at radius 1 is 1.22 bits per heavy atom. The summed E-state index contributed by atoms with van der Waals surface area (Å²) in [5.41, 5.74) is 0.721. The highest BCUT2D eigenvalue weighted by molar-refractivity contribution is 9.10.